The molecule has 1 aliphatic heterocycles. The van der Waals surface area contributed by atoms with E-state index in [1.54, 1.807) is 10.9 Å². The molecule has 0 radical (unpaired) electrons. The lowest BCUT2D eigenvalue weighted by molar-refractivity contribution is -0.139. The summed E-state index contributed by atoms with van der Waals surface area (Å²) in [6, 6.07) is 9.46. The van der Waals surface area contributed by atoms with Crippen molar-refractivity contribution in [1.82, 2.24) is 15.1 Å². The van der Waals surface area contributed by atoms with E-state index >= 15 is 0 Å². The standard InChI is InChI=1S/C17H19N3O4/c21-15(22)10-17(6-8-24-9-7-17)19-16(23)13-11-18-20(12-13)14-4-2-1-3-5-14/h1-5,11-12H,6-10H2,(H,19,23)(H,21,22). The molecule has 0 spiro atoms. The Hall–Kier alpha value is -2.67. The highest BCUT2D eigenvalue weighted by molar-refractivity contribution is 5.94. The Bertz CT molecular complexity index is 720. The summed E-state index contributed by atoms with van der Waals surface area (Å²) in [7, 11) is 0. The highest BCUT2D eigenvalue weighted by atomic mass is 16.5. The Morgan fingerprint density at radius 3 is 2.62 bits per heavy atom. The first-order chi connectivity index (χ1) is 11.6. The predicted octanol–water partition coefficient (Wildman–Crippen LogP) is 1.63. The maximum Gasteiger partial charge on any atom is 0.305 e. The van der Waals surface area contributed by atoms with Gasteiger partial charge in [0.2, 0.25) is 0 Å². The Morgan fingerprint density at radius 1 is 1.25 bits per heavy atom. The number of nitrogens with zero attached hydrogens (tertiary/aromatic N) is 2. The summed E-state index contributed by atoms with van der Waals surface area (Å²) in [4.78, 5) is 23.7. The summed E-state index contributed by atoms with van der Waals surface area (Å²) in [6.45, 7) is 0.883. The van der Waals surface area contributed by atoms with Crippen LogP contribution in [0.25, 0.3) is 5.69 Å². The number of carboxylic acids is 1. The van der Waals surface area contributed by atoms with Crippen LogP contribution < -0.4 is 5.32 Å². The van der Waals surface area contributed by atoms with Gasteiger partial charge in [-0.2, -0.15) is 5.10 Å². The number of nitrogens with one attached hydrogen (secondary N) is 1. The lowest BCUT2D eigenvalue weighted by atomic mass is 9.86. The maximum absolute atomic E-state index is 12.5. The van der Waals surface area contributed by atoms with Gasteiger partial charge in [0.1, 0.15) is 0 Å². The Morgan fingerprint density at radius 2 is 1.96 bits per heavy atom. The van der Waals surface area contributed by atoms with Crippen LogP contribution in [0.4, 0.5) is 0 Å². The molecule has 24 heavy (non-hydrogen) atoms. The van der Waals surface area contributed by atoms with Crippen molar-refractivity contribution in [2.75, 3.05) is 13.2 Å². The van der Waals surface area contributed by atoms with Crippen LogP contribution in [0.2, 0.25) is 0 Å². The average molecular weight is 329 g/mol. The third kappa shape index (κ3) is 3.62. The zero-order valence-electron chi connectivity index (χ0n) is 13.1. The second kappa shape index (κ2) is 6.84. The van der Waals surface area contributed by atoms with E-state index in [1.165, 1.54) is 6.20 Å². The minimum absolute atomic E-state index is 0.116. The number of carboxylic acid groups (broad SMARTS) is 1. The number of carbonyl (C=O) groups excluding carboxylic acids is 1. The molecule has 0 atom stereocenters. The second-order valence-electron chi connectivity index (χ2n) is 5.93. The number of aromatic nitrogens is 2. The molecule has 0 unspecified atom stereocenters. The van der Waals surface area contributed by atoms with Crippen molar-refractivity contribution in [2.24, 2.45) is 0 Å². The van der Waals surface area contributed by atoms with Crippen molar-refractivity contribution in [3.8, 4) is 5.69 Å². The molecule has 0 bridgehead atoms. The predicted molar refractivity (Wildman–Crippen MR) is 86.1 cm³/mol. The van der Waals surface area contributed by atoms with Gasteiger partial charge in [0, 0.05) is 19.4 Å². The number of para-hydroxylation sites is 1. The molecule has 3 rings (SSSR count). The third-order valence-electron chi connectivity index (χ3n) is 4.18. The third-order valence-corrected chi connectivity index (χ3v) is 4.18. The van der Waals surface area contributed by atoms with E-state index in [0.29, 0.717) is 31.6 Å². The lowest BCUT2D eigenvalue weighted by Gasteiger charge is -2.36. The summed E-state index contributed by atoms with van der Waals surface area (Å²) < 4.78 is 6.91. The molecule has 7 nitrogen and oxygen atoms in total. The van der Waals surface area contributed by atoms with E-state index in [-0.39, 0.29) is 12.3 Å². The van der Waals surface area contributed by atoms with Crippen LogP contribution in [0, 0.1) is 0 Å². The summed E-state index contributed by atoms with van der Waals surface area (Å²) in [5.41, 5.74) is 0.480. The van der Waals surface area contributed by atoms with Gasteiger partial charge in [-0.05, 0) is 25.0 Å². The Balaban J connectivity index is 1.76. The van der Waals surface area contributed by atoms with Gasteiger partial charge in [0.05, 0.1) is 29.4 Å². The molecule has 2 N–H and O–H groups in total. The molecule has 2 aromatic rings. The molecule has 1 aromatic heterocycles. The zero-order chi connectivity index (χ0) is 17.0. The van der Waals surface area contributed by atoms with Gasteiger partial charge in [0.15, 0.2) is 0 Å². The number of benzene rings is 1. The van der Waals surface area contributed by atoms with Crippen LogP contribution >= 0.6 is 0 Å². The van der Waals surface area contributed by atoms with Gasteiger partial charge in [-0.25, -0.2) is 4.68 Å². The summed E-state index contributed by atoms with van der Waals surface area (Å²) in [5.74, 6) is -1.25. The number of rotatable bonds is 5. The first-order valence-electron chi connectivity index (χ1n) is 7.80. The van der Waals surface area contributed by atoms with Gasteiger partial charge in [-0.1, -0.05) is 18.2 Å². The largest absolute Gasteiger partial charge is 0.481 e. The fourth-order valence-corrected chi connectivity index (χ4v) is 2.87. The molecule has 2 heterocycles. The quantitative estimate of drug-likeness (QED) is 0.869. The van der Waals surface area contributed by atoms with Gasteiger partial charge in [0.25, 0.3) is 5.91 Å². The van der Waals surface area contributed by atoms with Crippen molar-refractivity contribution in [3.05, 3.63) is 48.3 Å². The van der Waals surface area contributed by atoms with Crippen molar-refractivity contribution >= 4 is 11.9 Å². The lowest BCUT2D eigenvalue weighted by Crippen LogP contribution is -2.53. The zero-order valence-corrected chi connectivity index (χ0v) is 13.1. The average Bonchev–Trinajstić information content (AvgIpc) is 3.06. The van der Waals surface area contributed by atoms with Crippen LogP contribution in [-0.2, 0) is 9.53 Å². The van der Waals surface area contributed by atoms with Gasteiger partial charge in [-0.3, -0.25) is 9.59 Å². The van der Waals surface area contributed by atoms with E-state index in [2.05, 4.69) is 10.4 Å². The topological polar surface area (TPSA) is 93.5 Å². The van der Waals surface area contributed by atoms with Crippen molar-refractivity contribution in [1.29, 1.82) is 0 Å². The van der Waals surface area contributed by atoms with Gasteiger partial charge < -0.3 is 15.2 Å². The number of carbonyl (C=O) groups is 2. The fourth-order valence-electron chi connectivity index (χ4n) is 2.87. The molecule has 1 aromatic carbocycles. The number of hydrogen-bond donors (Lipinski definition) is 2. The van der Waals surface area contributed by atoms with Crippen LogP contribution in [0.3, 0.4) is 0 Å². The van der Waals surface area contributed by atoms with E-state index in [9.17, 15) is 9.59 Å². The maximum atomic E-state index is 12.5. The summed E-state index contributed by atoms with van der Waals surface area (Å²) in [6.07, 6.45) is 3.97. The molecule has 0 saturated carbocycles. The minimum atomic E-state index is -0.933. The minimum Gasteiger partial charge on any atom is -0.481 e. The van der Waals surface area contributed by atoms with E-state index in [0.717, 1.165) is 5.69 Å². The molecular weight excluding hydrogens is 310 g/mol. The summed E-state index contributed by atoms with van der Waals surface area (Å²) >= 11 is 0. The number of ether oxygens (including phenoxy) is 1. The monoisotopic (exact) mass is 329 g/mol. The van der Waals surface area contributed by atoms with E-state index < -0.39 is 11.5 Å². The van der Waals surface area contributed by atoms with Gasteiger partial charge in [-0.15, -0.1) is 0 Å². The first kappa shape index (κ1) is 16.2. The van der Waals surface area contributed by atoms with Crippen molar-refractivity contribution in [2.45, 2.75) is 24.8 Å². The van der Waals surface area contributed by atoms with E-state index in [4.69, 9.17) is 9.84 Å². The summed E-state index contributed by atoms with van der Waals surface area (Å²) in [5, 5.41) is 16.2. The highest BCUT2D eigenvalue weighted by Gasteiger charge is 2.36. The molecule has 126 valence electrons. The number of amides is 1. The fraction of sp³-hybridized carbons (Fsp3) is 0.353. The highest BCUT2D eigenvalue weighted by Crippen LogP contribution is 2.25. The second-order valence-corrected chi connectivity index (χ2v) is 5.93. The Kier molecular flexibility index (Phi) is 4.61. The van der Waals surface area contributed by atoms with Crippen molar-refractivity contribution < 1.29 is 19.4 Å². The number of aliphatic carboxylic acids is 1. The van der Waals surface area contributed by atoms with Crippen LogP contribution in [0.5, 0.6) is 0 Å². The molecule has 7 heteroatoms. The smallest absolute Gasteiger partial charge is 0.305 e. The first-order valence-corrected chi connectivity index (χ1v) is 7.80. The normalized spacial score (nSPS) is 16.5. The molecule has 1 aliphatic rings. The molecule has 1 saturated heterocycles. The van der Waals surface area contributed by atoms with Crippen LogP contribution in [-0.4, -0.2) is 45.5 Å². The van der Waals surface area contributed by atoms with E-state index in [1.807, 2.05) is 30.3 Å². The number of hydrogen-bond acceptors (Lipinski definition) is 4. The SMILES string of the molecule is O=C(O)CC1(NC(=O)c2cnn(-c3ccccc3)c2)CCOCC1. The molecule has 1 amide bonds. The van der Waals surface area contributed by atoms with Crippen LogP contribution in [0.15, 0.2) is 42.7 Å². The van der Waals surface area contributed by atoms with Crippen LogP contribution in [0.1, 0.15) is 29.6 Å². The molecular formula is C17H19N3O4. The molecule has 1 fully saturated rings. The van der Waals surface area contributed by atoms with Crippen molar-refractivity contribution in [3.63, 3.8) is 0 Å². The Labute approximate surface area is 139 Å². The van der Waals surface area contributed by atoms with Gasteiger partial charge >= 0.3 is 5.97 Å². The molecule has 0 aliphatic carbocycles.